The number of ketones is 1. The standard InChI is InChI=1S/C12H16O4/c1-4-15-12(14)10(13)7-8(2)11-6-5-9(3)16-11/h5-6,8H,4,7H2,1-3H3. The summed E-state index contributed by atoms with van der Waals surface area (Å²) in [6, 6.07) is 3.65. The van der Waals surface area contributed by atoms with Crippen LogP contribution in [0.4, 0.5) is 0 Å². The van der Waals surface area contributed by atoms with Crippen molar-refractivity contribution in [3.8, 4) is 0 Å². The Morgan fingerprint density at radius 2 is 2.12 bits per heavy atom. The fourth-order valence-corrected chi connectivity index (χ4v) is 1.39. The van der Waals surface area contributed by atoms with Crippen LogP contribution in [0.5, 0.6) is 0 Å². The first-order valence-electron chi connectivity index (χ1n) is 5.30. The number of furan rings is 1. The molecule has 0 aliphatic rings. The van der Waals surface area contributed by atoms with Crippen molar-refractivity contribution in [1.29, 1.82) is 0 Å². The number of ether oxygens (including phenoxy) is 1. The van der Waals surface area contributed by atoms with E-state index in [4.69, 9.17) is 4.42 Å². The van der Waals surface area contributed by atoms with Gasteiger partial charge in [0.2, 0.25) is 5.78 Å². The number of aryl methyl sites for hydroxylation is 1. The number of carbonyl (C=O) groups excluding carboxylic acids is 2. The zero-order valence-electron chi connectivity index (χ0n) is 9.78. The van der Waals surface area contributed by atoms with Crippen LogP contribution in [-0.2, 0) is 14.3 Å². The molecule has 0 bridgehead atoms. The highest BCUT2D eigenvalue weighted by molar-refractivity contribution is 6.33. The number of hydrogen-bond donors (Lipinski definition) is 0. The van der Waals surface area contributed by atoms with E-state index in [1.807, 2.05) is 26.0 Å². The van der Waals surface area contributed by atoms with E-state index in [0.717, 1.165) is 11.5 Å². The van der Waals surface area contributed by atoms with E-state index in [1.165, 1.54) is 0 Å². The van der Waals surface area contributed by atoms with Crippen LogP contribution in [0.15, 0.2) is 16.5 Å². The predicted molar refractivity (Wildman–Crippen MR) is 58.1 cm³/mol. The first-order chi connectivity index (χ1) is 7.54. The van der Waals surface area contributed by atoms with Gasteiger partial charge in [0.25, 0.3) is 0 Å². The van der Waals surface area contributed by atoms with E-state index >= 15 is 0 Å². The van der Waals surface area contributed by atoms with Gasteiger partial charge in [-0.1, -0.05) is 6.92 Å². The molecule has 1 aromatic heterocycles. The molecule has 4 heteroatoms. The maximum absolute atomic E-state index is 11.4. The highest BCUT2D eigenvalue weighted by Crippen LogP contribution is 2.21. The van der Waals surface area contributed by atoms with Crippen LogP contribution in [0.25, 0.3) is 0 Å². The number of esters is 1. The molecule has 1 rings (SSSR count). The van der Waals surface area contributed by atoms with Crippen molar-refractivity contribution >= 4 is 11.8 Å². The molecule has 1 atom stereocenters. The normalized spacial score (nSPS) is 12.2. The van der Waals surface area contributed by atoms with Gasteiger partial charge in [-0.25, -0.2) is 4.79 Å². The minimum atomic E-state index is -0.766. The first kappa shape index (κ1) is 12.5. The van der Waals surface area contributed by atoms with E-state index in [2.05, 4.69) is 4.74 Å². The van der Waals surface area contributed by atoms with Crippen LogP contribution in [-0.4, -0.2) is 18.4 Å². The molecule has 0 aliphatic heterocycles. The molecule has 0 fully saturated rings. The molecule has 4 nitrogen and oxygen atoms in total. The van der Waals surface area contributed by atoms with Crippen molar-refractivity contribution in [2.45, 2.75) is 33.1 Å². The lowest BCUT2D eigenvalue weighted by Crippen LogP contribution is -2.18. The summed E-state index contributed by atoms with van der Waals surface area (Å²) in [5, 5.41) is 0. The molecule has 0 aliphatic carbocycles. The molecule has 0 saturated carbocycles. The summed E-state index contributed by atoms with van der Waals surface area (Å²) in [6.07, 6.45) is 0.117. The molecular formula is C12H16O4. The molecule has 1 heterocycles. The molecule has 0 amide bonds. The van der Waals surface area contributed by atoms with Crippen LogP contribution >= 0.6 is 0 Å². The van der Waals surface area contributed by atoms with Crippen LogP contribution in [0.2, 0.25) is 0 Å². The highest BCUT2D eigenvalue weighted by Gasteiger charge is 2.20. The van der Waals surface area contributed by atoms with Crippen molar-refractivity contribution < 1.29 is 18.7 Å². The van der Waals surface area contributed by atoms with Gasteiger partial charge in [0, 0.05) is 12.3 Å². The molecule has 0 saturated heterocycles. The number of hydrogen-bond acceptors (Lipinski definition) is 4. The van der Waals surface area contributed by atoms with E-state index < -0.39 is 11.8 Å². The summed E-state index contributed by atoms with van der Waals surface area (Å²) >= 11 is 0. The summed E-state index contributed by atoms with van der Waals surface area (Å²) in [5.74, 6) is 0.132. The van der Waals surface area contributed by atoms with Crippen molar-refractivity contribution in [3.63, 3.8) is 0 Å². The van der Waals surface area contributed by atoms with Gasteiger partial charge in [-0.15, -0.1) is 0 Å². The van der Waals surface area contributed by atoms with Crippen LogP contribution in [0, 0.1) is 6.92 Å². The summed E-state index contributed by atoms with van der Waals surface area (Å²) in [5.41, 5.74) is 0. The predicted octanol–water partition coefficient (Wildman–Crippen LogP) is 2.21. The Bertz CT molecular complexity index is 378. The average molecular weight is 224 g/mol. The van der Waals surface area contributed by atoms with Crippen LogP contribution < -0.4 is 0 Å². The summed E-state index contributed by atoms with van der Waals surface area (Å²) in [6.45, 7) is 5.57. The first-order valence-corrected chi connectivity index (χ1v) is 5.30. The maximum atomic E-state index is 11.4. The zero-order chi connectivity index (χ0) is 12.1. The topological polar surface area (TPSA) is 56.5 Å². The monoisotopic (exact) mass is 224 g/mol. The lowest BCUT2D eigenvalue weighted by molar-refractivity contribution is -0.153. The Morgan fingerprint density at radius 1 is 1.44 bits per heavy atom. The molecular weight excluding hydrogens is 208 g/mol. The lowest BCUT2D eigenvalue weighted by atomic mass is 10.0. The van der Waals surface area contributed by atoms with E-state index in [1.54, 1.807) is 6.92 Å². The van der Waals surface area contributed by atoms with Gasteiger partial charge in [-0.3, -0.25) is 4.79 Å². The van der Waals surface area contributed by atoms with Gasteiger partial charge < -0.3 is 9.15 Å². The second-order valence-electron chi connectivity index (χ2n) is 3.70. The van der Waals surface area contributed by atoms with Crippen molar-refractivity contribution in [2.75, 3.05) is 6.61 Å². The second kappa shape index (κ2) is 5.49. The lowest BCUT2D eigenvalue weighted by Gasteiger charge is -2.06. The van der Waals surface area contributed by atoms with Crippen molar-refractivity contribution in [1.82, 2.24) is 0 Å². The van der Waals surface area contributed by atoms with E-state index in [-0.39, 0.29) is 18.9 Å². The second-order valence-corrected chi connectivity index (χ2v) is 3.70. The van der Waals surface area contributed by atoms with Gasteiger partial charge >= 0.3 is 5.97 Å². The molecule has 0 spiro atoms. The Kier molecular flexibility index (Phi) is 4.28. The van der Waals surface area contributed by atoms with Crippen molar-refractivity contribution in [3.05, 3.63) is 23.7 Å². The van der Waals surface area contributed by atoms with Crippen LogP contribution in [0.3, 0.4) is 0 Å². The molecule has 16 heavy (non-hydrogen) atoms. The third-order valence-electron chi connectivity index (χ3n) is 2.24. The van der Waals surface area contributed by atoms with E-state index in [0.29, 0.717) is 0 Å². The van der Waals surface area contributed by atoms with Gasteiger partial charge in [0.15, 0.2) is 0 Å². The van der Waals surface area contributed by atoms with Gasteiger partial charge in [0.1, 0.15) is 11.5 Å². The average Bonchev–Trinajstić information content (AvgIpc) is 2.65. The van der Waals surface area contributed by atoms with Gasteiger partial charge in [-0.05, 0) is 26.0 Å². The van der Waals surface area contributed by atoms with E-state index in [9.17, 15) is 9.59 Å². The van der Waals surface area contributed by atoms with Crippen LogP contribution in [0.1, 0.15) is 37.7 Å². The highest BCUT2D eigenvalue weighted by atomic mass is 16.5. The maximum Gasteiger partial charge on any atom is 0.374 e. The molecule has 0 N–H and O–H groups in total. The minimum absolute atomic E-state index is 0.106. The van der Waals surface area contributed by atoms with Gasteiger partial charge in [0.05, 0.1) is 6.61 Å². The number of rotatable bonds is 5. The summed E-state index contributed by atoms with van der Waals surface area (Å²) in [4.78, 5) is 22.5. The smallest absolute Gasteiger partial charge is 0.374 e. The molecule has 0 radical (unpaired) electrons. The number of Topliss-reactive ketones (excluding diaryl/α,β-unsaturated/α-hetero) is 1. The largest absolute Gasteiger partial charge is 0.466 e. The molecule has 88 valence electrons. The van der Waals surface area contributed by atoms with Crippen molar-refractivity contribution in [2.24, 2.45) is 0 Å². The molecule has 1 unspecified atom stereocenters. The third-order valence-corrected chi connectivity index (χ3v) is 2.24. The SMILES string of the molecule is CCOC(=O)C(=O)CC(C)c1ccc(C)o1. The molecule has 1 aromatic rings. The Morgan fingerprint density at radius 3 is 2.62 bits per heavy atom. The Labute approximate surface area is 94.6 Å². The quantitative estimate of drug-likeness (QED) is 0.568. The Balaban J connectivity index is 2.54. The fraction of sp³-hybridized carbons (Fsp3) is 0.500. The number of carbonyl (C=O) groups is 2. The Hall–Kier alpha value is -1.58. The summed E-state index contributed by atoms with van der Waals surface area (Å²) in [7, 11) is 0. The fourth-order valence-electron chi connectivity index (χ4n) is 1.39. The van der Waals surface area contributed by atoms with Gasteiger partial charge in [-0.2, -0.15) is 0 Å². The molecule has 0 aromatic carbocycles. The minimum Gasteiger partial charge on any atom is -0.466 e. The third kappa shape index (κ3) is 3.22. The summed E-state index contributed by atoms with van der Waals surface area (Å²) < 4.78 is 10.0. The zero-order valence-corrected chi connectivity index (χ0v) is 9.78.